The molecule has 1 aliphatic carbocycles. The highest BCUT2D eigenvalue weighted by molar-refractivity contribution is 7.88. The number of hydrogen-bond acceptors (Lipinski definition) is 8. The van der Waals surface area contributed by atoms with Crippen LogP contribution in [0.4, 0.5) is 80.3 Å². The van der Waals surface area contributed by atoms with E-state index in [4.69, 9.17) is 9.47 Å². The van der Waals surface area contributed by atoms with Crippen molar-refractivity contribution in [2.24, 2.45) is 0 Å². The molecular formula is C33H28F17N3O8S. The number of fused-ring (bicyclic) bond motifs is 1. The lowest BCUT2D eigenvalue weighted by Gasteiger charge is -2.42. The second-order valence-electron chi connectivity index (χ2n) is 13.5. The molecule has 3 amide bonds. The number of carbonyl (C=O) groups excluding carboxylic acids is 3. The van der Waals surface area contributed by atoms with Crippen LogP contribution in [0.15, 0.2) is 36.4 Å². The SMILES string of the molecule is COc1cc2c(cc1OC)C(=O)N(C(C(=O)NC1CCCCC1)c1ccc(OS(=O)(=O)C(F)(F)C(F)(F)C(F)(F)C(F)(F)C(F)(F)C(F)(F)C(F)(F)C(F)(F)F)cc1)CC(=O)N2. The Bertz CT molecular complexity index is 2150. The summed E-state index contributed by atoms with van der Waals surface area (Å²) in [4.78, 5) is 41.5. The summed E-state index contributed by atoms with van der Waals surface area (Å²) in [5.74, 6) is -57.5. The summed E-state index contributed by atoms with van der Waals surface area (Å²) < 4.78 is 272. The molecule has 1 saturated carbocycles. The van der Waals surface area contributed by atoms with E-state index < -0.39 is 105 Å². The van der Waals surface area contributed by atoms with E-state index >= 15 is 0 Å². The highest BCUT2D eigenvalue weighted by atomic mass is 32.2. The van der Waals surface area contributed by atoms with Crippen LogP contribution in [-0.4, -0.2) is 105 Å². The third kappa shape index (κ3) is 7.96. The largest absolute Gasteiger partial charge is 0.493 e. The lowest BCUT2D eigenvalue weighted by Crippen LogP contribution is -2.75. The first-order valence-electron chi connectivity index (χ1n) is 17.0. The normalized spacial score (nSPS) is 17.4. The molecule has 62 heavy (non-hydrogen) atoms. The molecule has 1 atom stereocenters. The summed E-state index contributed by atoms with van der Waals surface area (Å²) in [7, 11) is -5.59. The van der Waals surface area contributed by atoms with Crippen LogP contribution in [0.2, 0.25) is 0 Å². The first kappa shape index (κ1) is 49.7. The van der Waals surface area contributed by atoms with Gasteiger partial charge in [0.15, 0.2) is 11.5 Å². The van der Waals surface area contributed by atoms with Gasteiger partial charge in [-0.1, -0.05) is 31.4 Å². The first-order valence-corrected chi connectivity index (χ1v) is 18.4. The van der Waals surface area contributed by atoms with Crippen LogP contribution in [0.3, 0.4) is 0 Å². The van der Waals surface area contributed by atoms with Crippen LogP contribution < -0.4 is 24.3 Å². The highest BCUT2D eigenvalue weighted by Crippen LogP contribution is 2.64. The Morgan fingerprint density at radius 3 is 1.66 bits per heavy atom. The molecule has 0 saturated heterocycles. The molecule has 2 aromatic carbocycles. The second kappa shape index (κ2) is 16.3. The van der Waals surface area contributed by atoms with Gasteiger partial charge in [0.2, 0.25) is 11.8 Å². The molecule has 2 aliphatic rings. The maximum atomic E-state index is 14.7. The number of ether oxygens (including phenoxy) is 2. The van der Waals surface area contributed by atoms with E-state index in [0.29, 0.717) is 42.7 Å². The smallest absolute Gasteiger partial charge is 0.460 e. The Balaban J connectivity index is 1.73. The van der Waals surface area contributed by atoms with Crippen molar-refractivity contribution in [3.05, 3.63) is 47.5 Å². The minimum absolute atomic E-state index is 0.0239. The minimum atomic E-state index is -9.03. The Morgan fingerprint density at radius 1 is 0.710 bits per heavy atom. The van der Waals surface area contributed by atoms with Gasteiger partial charge in [-0.3, -0.25) is 14.4 Å². The van der Waals surface area contributed by atoms with Gasteiger partial charge in [-0.2, -0.15) is 83.1 Å². The summed E-state index contributed by atoms with van der Waals surface area (Å²) in [6.45, 7) is -0.924. The molecule has 0 aromatic heterocycles. The number of nitrogens with zero attached hydrogens (tertiary/aromatic N) is 1. The zero-order valence-corrected chi connectivity index (χ0v) is 31.7. The quantitative estimate of drug-likeness (QED) is 0.136. The number of methoxy groups -OCH3 is 2. The fourth-order valence-corrected chi connectivity index (χ4v) is 7.04. The zero-order valence-electron chi connectivity index (χ0n) is 30.9. The Hall–Kier alpha value is -4.99. The summed E-state index contributed by atoms with van der Waals surface area (Å²) in [5.41, 5.74) is -0.926. The summed E-state index contributed by atoms with van der Waals surface area (Å²) >= 11 is 0. The van der Waals surface area contributed by atoms with Crippen molar-refractivity contribution in [1.82, 2.24) is 10.2 Å². The van der Waals surface area contributed by atoms with Crippen LogP contribution in [0, 0.1) is 0 Å². The summed E-state index contributed by atoms with van der Waals surface area (Å²) in [6, 6.07) is 1.29. The van der Waals surface area contributed by atoms with E-state index in [0.717, 1.165) is 12.5 Å². The summed E-state index contributed by atoms with van der Waals surface area (Å²) in [6.07, 6.45) is -5.10. The number of alkyl halides is 17. The zero-order chi connectivity index (χ0) is 47.4. The van der Waals surface area contributed by atoms with Crippen molar-refractivity contribution in [3.8, 4) is 17.2 Å². The van der Waals surface area contributed by atoms with E-state index in [2.05, 4.69) is 14.8 Å². The van der Waals surface area contributed by atoms with Crippen molar-refractivity contribution in [3.63, 3.8) is 0 Å². The molecule has 1 fully saturated rings. The number of carbonyl (C=O) groups is 3. The fraction of sp³-hybridized carbons (Fsp3) is 0.545. The van der Waals surface area contributed by atoms with Crippen LogP contribution in [0.5, 0.6) is 17.2 Å². The first-order chi connectivity index (χ1) is 28.1. The van der Waals surface area contributed by atoms with Gasteiger partial charge in [0.25, 0.3) is 5.91 Å². The lowest BCUT2D eigenvalue weighted by atomic mass is 9.91. The second-order valence-corrected chi connectivity index (χ2v) is 15.1. The standard InChI is InChI=1S/C33H28F17N3O8S/c1-59-20-12-18-19(13-21(20)60-2)52-22(54)14-53(25(18)56)23(24(55)51-16-6-4-3-5-7-16)15-8-10-17(11-9-15)61-62(57,58)33(49,50)31(44,45)29(40,41)27(36,37)26(34,35)28(38,39)30(42,43)32(46,47)48/h8-13,16,23H,3-7,14H2,1-2H3,(H,51,55)(H,52,54). The van der Waals surface area contributed by atoms with Gasteiger partial charge in [-0.25, -0.2) is 0 Å². The van der Waals surface area contributed by atoms with Gasteiger partial charge in [0.1, 0.15) is 18.3 Å². The molecule has 0 spiro atoms. The number of anilines is 1. The lowest BCUT2D eigenvalue weighted by molar-refractivity contribution is -0.458. The molecular weight excluding hydrogens is 921 g/mol. The molecule has 1 aliphatic heterocycles. The Labute approximate surface area is 336 Å². The average Bonchev–Trinajstić information content (AvgIpc) is 3.28. The van der Waals surface area contributed by atoms with Crippen molar-refractivity contribution >= 4 is 33.5 Å². The van der Waals surface area contributed by atoms with Gasteiger partial charge >= 0.3 is 57.1 Å². The third-order valence-electron chi connectivity index (χ3n) is 9.52. The van der Waals surface area contributed by atoms with Crippen LogP contribution in [0.25, 0.3) is 0 Å². The van der Waals surface area contributed by atoms with E-state index in [-0.39, 0.29) is 34.9 Å². The highest BCUT2D eigenvalue weighted by Gasteiger charge is 2.96. The van der Waals surface area contributed by atoms with Crippen molar-refractivity contribution < 1.29 is 111 Å². The van der Waals surface area contributed by atoms with E-state index in [1.807, 2.05) is 0 Å². The van der Waals surface area contributed by atoms with E-state index in [1.165, 1.54) is 20.3 Å². The van der Waals surface area contributed by atoms with Gasteiger partial charge in [0, 0.05) is 12.1 Å². The molecule has 0 bridgehead atoms. The molecule has 1 unspecified atom stereocenters. The topological polar surface area (TPSA) is 140 Å². The number of benzene rings is 2. The van der Waals surface area contributed by atoms with Crippen molar-refractivity contribution in [2.75, 3.05) is 26.1 Å². The molecule has 11 nitrogen and oxygen atoms in total. The average molecular weight is 950 g/mol. The molecule has 4 rings (SSSR count). The van der Waals surface area contributed by atoms with E-state index in [9.17, 15) is 97.4 Å². The maximum Gasteiger partial charge on any atom is 0.460 e. The predicted molar refractivity (Wildman–Crippen MR) is 174 cm³/mol. The number of rotatable bonds is 15. The predicted octanol–water partition coefficient (Wildman–Crippen LogP) is 7.96. The van der Waals surface area contributed by atoms with Crippen LogP contribution >= 0.6 is 0 Å². The van der Waals surface area contributed by atoms with Gasteiger partial charge < -0.3 is 29.2 Å². The van der Waals surface area contributed by atoms with Crippen molar-refractivity contribution in [2.45, 2.75) is 91.2 Å². The monoisotopic (exact) mass is 949 g/mol. The van der Waals surface area contributed by atoms with Gasteiger partial charge in [-0.15, -0.1) is 0 Å². The molecule has 29 heteroatoms. The number of amides is 3. The van der Waals surface area contributed by atoms with Crippen LogP contribution in [-0.2, 0) is 19.7 Å². The maximum absolute atomic E-state index is 14.7. The molecule has 0 radical (unpaired) electrons. The van der Waals surface area contributed by atoms with Gasteiger partial charge in [-0.05, 0) is 36.6 Å². The third-order valence-corrected chi connectivity index (χ3v) is 10.8. The molecule has 348 valence electrons. The van der Waals surface area contributed by atoms with Crippen molar-refractivity contribution in [1.29, 1.82) is 0 Å². The van der Waals surface area contributed by atoms with Gasteiger partial charge in [0.05, 0.1) is 25.5 Å². The van der Waals surface area contributed by atoms with Crippen LogP contribution in [0.1, 0.15) is 54.1 Å². The number of halogens is 17. The molecule has 2 N–H and O–H groups in total. The Morgan fingerprint density at radius 2 is 1.18 bits per heavy atom. The Kier molecular flexibility index (Phi) is 13.0. The summed E-state index contributed by atoms with van der Waals surface area (Å²) in [5, 5.41) is -2.91. The number of nitrogens with one attached hydrogen (secondary N) is 2. The minimum Gasteiger partial charge on any atom is -0.493 e. The number of hydrogen-bond donors (Lipinski definition) is 2. The molecule has 2 aromatic rings. The fourth-order valence-electron chi connectivity index (χ4n) is 6.13. The molecule has 1 heterocycles. The van der Waals surface area contributed by atoms with E-state index in [1.54, 1.807) is 0 Å².